The summed E-state index contributed by atoms with van der Waals surface area (Å²) < 4.78 is 2.07. The summed E-state index contributed by atoms with van der Waals surface area (Å²) in [6.07, 6.45) is 0. The Labute approximate surface area is 287 Å². The first-order valence-electron chi connectivity index (χ1n) is 16.3. The number of anilines is 1. The highest BCUT2D eigenvalue weighted by Gasteiger charge is 2.40. The number of nitrogens with zero attached hydrogens (tertiary/aromatic N) is 4. The van der Waals surface area contributed by atoms with Crippen LogP contribution in [0.15, 0.2) is 158 Å². The van der Waals surface area contributed by atoms with E-state index in [9.17, 15) is 9.59 Å². The summed E-state index contributed by atoms with van der Waals surface area (Å²) in [5.74, 6) is -0.393. The highest BCUT2D eigenvalue weighted by atomic mass is 16.2. The summed E-state index contributed by atoms with van der Waals surface area (Å²) in [5.41, 5.74) is 8.89. The molecular formula is C44H26N4O2. The van der Waals surface area contributed by atoms with Gasteiger partial charge in [-0.15, -0.1) is 4.98 Å². The van der Waals surface area contributed by atoms with Crippen molar-refractivity contribution in [2.24, 2.45) is 0 Å². The van der Waals surface area contributed by atoms with Gasteiger partial charge in [-0.2, -0.15) is 0 Å². The number of rotatable bonds is 5. The van der Waals surface area contributed by atoms with Gasteiger partial charge in [0.05, 0.1) is 33.5 Å². The number of benzene rings is 6. The molecule has 0 saturated carbocycles. The molecule has 0 radical (unpaired) electrons. The first-order valence-corrected chi connectivity index (χ1v) is 16.3. The second kappa shape index (κ2) is 11.6. The van der Waals surface area contributed by atoms with E-state index in [-0.39, 0.29) is 11.8 Å². The molecule has 0 saturated heterocycles. The number of imide groups is 1. The molecule has 2 amide bonds. The Hall–Kier alpha value is -7.10. The number of aromatic nitrogens is 2. The molecule has 0 spiro atoms. The second-order valence-corrected chi connectivity index (χ2v) is 12.2. The lowest BCUT2D eigenvalue weighted by molar-refractivity contribution is 0.0926. The predicted octanol–water partition coefficient (Wildman–Crippen LogP) is 10.5. The van der Waals surface area contributed by atoms with Crippen molar-refractivity contribution in [3.8, 4) is 39.2 Å². The zero-order chi connectivity index (χ0) is 33.8. The Kier molecular flexibility index (Phi) is 6.72. The molecule has 6 aromatic carbocycles. The number of hydrogen-bond donors (Lipinski definition) is 0. The fraction of sp³-hybridized carbons (Fsp3) is 0. The number of fused-ring (bicyclic) bond motifs is 4. The normalized spacial score (nSPS) is 12.4. The average Bonchev–Trinajstić information content (AvgIpc) is 3.65. The van der Waals surface area contributed by atoms with Crippen molar-refractivity contribution in [2.45, 2.75) is 0 Å². The predicted molar refractivity (Wildman–Crippen MR) is 199 cm³/mol. The number of amides is 2. The van der Waals surface area contributed by atoms with Gasteiger partial charge in [0, 0.05) is 21.9 Å². The van der Waals surface area contributed by atoms with E-state index in [2.05, 4.69) is 26.5 Å². The van der Waals surface area contributed by atoms with Crippen molar-refractivity contribution in [3.63, 3.8) is 0 Å². The van der Waals surface area contributed by atoms with Gasteiger partial charge < -0.3 is 9.41 Å². The quantitative estimate of drug-likeness (QED) is 0.139. The molecule has 0 bridgehead atoms. The van der Waals surface area contributed by atoms with Gasteiger partial charge in [-0.3, -0.25) is 9.59 Å². The van der Waals surface area contributed by atoms with Crippen molar-refractivity contribution in [1.29, 1.82) is 0 Å². The minimum absolute atomic E-state index is 0.335. The minimum Gasteiger partial charge on any atom is -0.361 e. The van der Waals surface area contributed by atoms with E-state index in [0.717, 1.165) is 49.6 Å². The summed E-state index contributed by atoms with van der Waals surface area (Å²) in [6.45, 7) is 7.41. The lowest BCUT2D eigenvalue weighted by atomic mass is 9.97. The van der Waals surface area contributed by atoms with Crippen LogP contribution in [0.5, 0.6) is 0 Å². The summed E-state index contributed by atoms with van der Waals surface area (Å²) in [7, 11) is 0. The molecule has 50 heavy (non-hydrogen) atoms. The molecule has 1 aliphatic rings. The summed E-state index contributed by atoms with van der Waals surface area (Å²) in [6, 6.07) is 50.8. The molecule has 0 unspecified atom stereocenters. The van der Waals surface area contributed by atoms with Crippen molar-refractivity contribution in [2.75, 3.05) is 4.90 Å². The Morgan fingerprint density at radius 1 is 0.500 bits per heavy atom. The minimum atomic E-state index is -0.370. The van der Waals surface area contributed by atoms with Crippen LogP contribution >= 0.6 is 0 Å². The fourth-order valence-corrected chi connectivity index (χ4v) is 7.10. The number of pyridine rings is 1. The molecule has 6 nitrogen and oxygen atoms in total. The van der Waals surface area contributed by atoms with Crippen LogP contribution in [0.25, 0.3) is 65.8 Å². The van der Waals surface area contributed by atoms with Gasteiger partial charge in [0.15, 0.2) is 5.69 Å². The van der Waals surface area contributed by atoms with Crippen LogP contribution in [0.4, 0.5) is 11.5 Å². The van der Waals surface area contributed by atoms with Crippen LogP contribution in [-0.4, -0.2) is 21.4 Å². The van der Waals surface area contributed by atoms with Crippen LogP contribution in [0.3, 0.4) is 0 Å². The number of para-hydroxylation sites is 1. The van der Waals surface area contributed by atoms with E-state index < -0.39 is 0 Å². The Morgan fingerprint density at radius 2 is 1.20 bits per heavy atom. The highest BCUT2D eigenvalue weighted by molar-refractivity contribution is 6.36. The highest BCUT2D eigenvalue weighted by Crippen LogP contribution is 2.42. The molecule has 8 aromatic rings. The molecule has 0 N–H and O–H groups in total. The van der Waals surface area contributed by atoms with Crippen LogP contribution in [-0.2, 0) is 0 Å². The maximum absolute atomic E-state index is 14.8. The van der Waals surface area contributed by atoms with E-state index in [1.165, 1.54) is 4.90 Å². The number of carbonyl (C=O) groups excluding carboxylic acids is 2. The van der Waals surface area contributed by atoms with Gasteiger partial charge in [-0.25, -0.2) is 4.90 Å². The fourth-order valence-electron chi connectivity index (χ4n) is 7.10. The van der Waals surface area contributed by atoms with Crippen LogP contribution < -0.4 is 4.90 Å². The van der Waals surface area contributed by atoms with Gasteiger partial charge in [0.2, 0.25) is 0 Å². The van der Waals surface area contributed by atoms with Gasteiger partial charge in [0.25, 0.3) is 17.6 Å². The molecule has 0 aliphatic carbocycles. The molecule has 0 atom stereocenters. The van der Waals surface area contributed by atoms with Crippen molar-refractivity contribution < 1.29 is 9.59 Å². The van der Waals surface area contributed by atoms with Crippen molar-refractivity contribution in [1.82, 2.24) is 9.55 Å². The Bertz CT molecular complexity index is 2710. The van der Waals surface area contributed by atoms with Crippen LogP contribution in [0.2, 0.25) is 0 Å². The second-order valence-electron chi connectivity index (χ2n) is 12.2. The van der Waals surface area contributed by atoms with Gasteiger partial charge in [0.1, 0.15) is 0 Å². The lowest BCUT2D eigenvalue weighted by Gasteiger charge is -2.20. The zero-order valence-corrected chi connectivity index (χ0v) is 26.6. The monoisotopic (exact) mass is 642 g/mol. The third-order valence-corrected chi connectivity index (χ3v) is 9.38. The molecule has 2 aromatic heterocycles. The third-order valence-electron chi connectivity index (χ3n) is 9.38. The van der Waals surface area contributed by atoms with Crippen molar-refractivity contribution in [3.05, 3.63) is 180 Å². The summed E-state index contributed by atoms with van der Waals surface area (Å²) in [5, 5.41) is 1.97. The molecule has 9 rings (SSSR count). The SMILES string of the molecule is [C-]#[N+]c1cccc(-c2ccc3c(c2)c2ccccc2n3-c2cccc3c2C(=O)N(c2cc(-c4ccccc4)ccc2-c2ccccc2)C3=O)n1. The zero-order valence-electron chi connectivity index (χ0n) is 26.6. The van der Waals surface area contributed by atoms with Crippen molar-refractivity contribution >= 4 is 45.1 Å². The maximum atomic E-state index is 14.8. The van der Waals surface area contributed by atoms with Gasteiger partial charge >= 0.3 is 0 Å². The van der Waals surface area contributed by atoms with Gasteiger partial charge in [-0.1, -0.05) is 110 Å². The molecule has 1 aliphatic heterocycles. The Morgan fingerprint density at radius 3 is 2.00 bits per heavy atom. The van der Waals surface area contributed by atoms with Crippen LogP contribution in [0, 0.1) is 6.57 Å². The van der Waals surface area contributed by atoms with E-state index in [1.54, 1.807) is 12.1 Å². The summed E-state index contributed by atoms with van der Waals surface area (Å²) >= 11 is 0. The first kappa shape index (κ1) is 29.1. The largest absolute Gasteiger partial charge is 0.361 e. The number of carbonyl (C=O) groups is 2. The summed E-state index contributed by atoms with van der Waals surface area (Å²) in [4.78, 5) is 38.6. The smallest absolute Gasteiger partial charge is 0.270 e. The standard InChI is InChI=1S/C44H26N4O2/c1-45-41-21-11-18-36(46-41)31-23-25-38-35(26-31)33-16-8-9-19-37(33)47(38)39-20-10-17-34-42(39)44(50)48(43(34)49)40-27-30(28-12-4-2-5-13-28)22-24-32(40)29-14-6-3-7-15-29/h2-27H. The first-order chi connectivity index (χ1) is 24.6. The average molecular weight is 643 g/mol. The van der Waals surface area contributed by atoms with Gasteiger partial charge in [-0.05, 0) is 71.3 Å². The van der Waals surface area contributed by atoms with E-state index in [0.29, 0.717) is 34.0 Å². The van der Waals surface area contributed by atoms with E-state index >= 15 is 0 Å². The van der Waals surface area contributed by atoms with E-state index in [4.69, 9.17) is 6.57 Å². The molecule has 234 valence electrons. The molecule has 3 heterocycles. The Balaban J connectivity index is 1.23. The number of hydrogen-bond acceptors (Lipinski definition) is 3. The third kappa shape index (κ3) is 4.53. The topological polar surface area (TPSA) is 59.6 Å². The molecular weight excluding hydrogens is 617 g/mol. The van der Waals surface area contributed by atoms with Crippen LogP contribution in [0.1, 0.15) is 20.7 Å². The van der Waals surface area contributed by atoms with E-state index in [1.807, 2.05) is 133 Å². The molecule has 6 heteroatoms. The maximum Gasteiger partial charge on any atom is 0.270 e. The molecule has 0 fully saturated rings. The lowest BCUT2D eigenvalue weighted by Crippen LogP contribution is -2.30.